The minimum absolute atomic E-state index is 0.0750. The smallest absolute Gasteiger partial charge is 0.471 e. The van der Waals surface area contributed by atoms with Crippen molar-refractivity contribution in [3.05, 3.63) is 0 Å². The number of unbranched alkanes of at least 4 members (excludes halogenated alkanes) is 1. The molecular formula is C12H25F3N3O3+. The molecule has 0 fully saturated rings. The lowest BCUT2D eigenvalue weighted by molar-refractivity contribution is -0.849. The minimum atomic E-state index is -5.07. The largest absolute Gasteiger partial charge is 0.480 e. The van der Waals surface area contributed by atoms with Crippen LogP contribution in [0, 0.1) is 0 Å². The van der Waals surface area contributed by atoms with Crippen molar-refractivity contribution in [3.8, 4) is 0 Å². The molecule has 4 N–H and O–H groups in total. The van der Waals surface area contributed by atoms with E-state index in [0.717, 1.165) is 4.48 Å². The van der Waals surface area contributed by atoms with Crippen LogP contribution in [0.25, 0.3) is 0 Å². The van der Waals surface area contributed by atoms with Gasteiger partial charge in [0.25, 0.3) is 0 Å². The average molecular weight is 316 g/mol. The maximum atomic E-state index is 11.8. The van der Waals surface area contributed by atoms with Crippen molar-refractivity contribution in [1.82, 2.24) is 5.32 Å². The number of rotatable bonds is 6. The summed E-state index contributed by atoms with van der Waals surface area (Å²) < 4.78 is 36.5. The van der Waals surface area contributed by atoms with Crippen molar-refractivity contribution in [2.24, 2.45) is 5.73 Å². The Morgan fingerprint density at radius 3 is 1.90 bits per heavy atom. The Morgan fingerprint density at radius 1 is 1.19 bits per heavy atom. The van der Waals surface area contributed by atoms with E-state index in [2.05, 4.69) is 28.2 Å². The number of carbonyl (C=O) groups is 2. The van der Waals surface area contributed by atoms with Crippen molar-refractivity contribution >= 4 is 11.9 Å². The van der Waals surface area contributed by atoms with Gasteiger partial charge in [-0.05, 0) is 25.8 Å². The number of hydrogen-bond acceptors (Lipinski definition) is 3. The first-order valence-corrected chi connectivity index (χ1v) is 6.38. The highest BCUT2D eigenvalue weighted by Crippen LogP contribution is 2.15. The van der Waals surface area contributed by atoms with Crippen molar-refractivity contribution in [1.29, 1.82) is 0 Å². The van der Waals surface area contributed by atoms with E-state index in [-0.39, 0.29) is 6.42 Å². The molecule has 0 bridgehead atoms. The highest BCUT2D eigenvalue weighted by Gasteiger charge is 2.40. The monoisotopic (exact) mass is 316 g/mol. The van der Waals surface area contributed by atoms with Crippen LogP contribution >= 0.6 is 0 Å². The Bertz CT molecular complexity index is 322. The standard InChI is InChI=1S/C8H13F3N2O3.C4H12N/c9-8(10,11)7(16)13-5(6(14)15)3-1-2-4-12;1-5(2,3)4/h5H,1-4,12H2,(H,13,16)(H,14,15);1-4H3/q;+1/t5-;/m0./s1. The zero-order valence-electron chi connectivity index (χ0n) is 12.8. The number of quaternary nitrogens is 1. The third kappa shape index (κ3) is 16.6. The van der Waals surface area contributed by atoms with E-state index in [0.29, 0.717) is 19.4 Å². The summed E-state index contributed by atoms with van der Waals surface area (Å²) in [6.45, 7) is 0.319. The molecule has 0 aromatic rings. The second-order valence-corrected chi connectivity index (χ2v) is 5.83. The molecule has 1 atom stereocenters. The summed E-state index contributed by atoms with van der Waals surface area (Å²) >= 11 is 0. The predicted molar refractivity (Wildman–Crippen MR) is 72.5 cm³/mol. The number of nitrogens with zero attached hydrogens (tertiary/aromatic N) is 1. The molecule has 0 aliphatic heterocycles. The molecule has 0 saturated heterocycles. The third-order valence-corrected chi connectivity index (χ3v) is 1.81. The lowest BCUT2D eigenvalue weighted by atomic mass is 10.1. The van der Waals surface area contributed by atoms with E-state index in [1.807, 2.05) is 0 Å². The first-order valence-electron chi connectivity index (χ1n) is 6.38. The molecule has 0 saturated carbocycles. The first kappa shape index (κ1) is 21.9. The van der Waals surface area contributed by atoms with Gasteiger partial charge in [0, 0.05) is 0 Å². The molecule has 0 radical (unpaired) electrons. The summed E-state index contributed by atoms with van der Waals surface area (Å²) in [6, 6.07) is -1.53. The van der Waals surface area contributed by atoms with Crippen molar-refractivity contribution in [2.45, 2.75) is 31.5 Å². The molecule has 126 valence electrons. The zero-order chi connectivity index (χ0) is 17.3. The molecule has 0 heterocycles. The Labute approximate surface area is 122 Å². The van der Waals surface area contributed by atoms with Gasteiger partial charge in [-0.25, -0.2) is 4.79 Å². The summed E-state index contributed by atoms with van der Waals surface area (Å²) in [5.74, 6) is -3.73. The van der Waals surface area contributed by atoms with Crippen LogP contribution in [0.2, 0.25) is 0 Å². The van der Waals surface area contributed by atoms with Gasteiger partial charge in [0.2, 0.25) is 0 Å². The number of aliphatic carboxylic acids is 1. The van der Waals surface area contributed by atoms with E-state index in [4.69, 9.17) is 10.8 Å². The fraction of sp³-hybridized carbons (Fsp3) is 0.833. The molecule has 6 nitrogen and oxygen atoms in total. The number of halogens is 3. The molecule has 0 rings (SSSR count). The van der Waals surface area contributed by atoms with E-state index >= 15 is 0 Å². The number of hydrogen-bond donors (Lipinski definition) is 3. The number of nitrogens with one attached hydrogen (secondary N) is 1. The van der Waals surface area contributed by atoms with Crippen LogP contribution in [-0.2, 0) is 9.59 Å². The maximum absolute atomic E-state index is 11.8. The van der Waals surface area contributed by atoms with Crippen molar-refractivity contribution in [2.75, 3.05) is 34.7 Å². The molecule has 9 heteroatoms. The fourth-order valence-corrected chi connectivity index (χ4v) is 0.990. The van der Waals surface area contributed by atoms with Gasteiger partial charge in [-0.2, -0.15) is 13.2 Å². The summed E-state index contributed by atoms with van der Waals surface area (Å²) in [5.41, 5.74) is 5.15. The predicted octanol–water partition coefficient (Wildman–Crippen LogP) is 0.570. The number of nitrogens with two attached hydrogens (primary N) is 1. The minimum Gasteiger partial charge on any atom is -0.480 e. The van der Waals surface area contributed by atoms with Crippen LogP contribution in [0.15, 0.2) is 0 Å². The fourth-order valence-electron chi connectivity index (χ4n) is 0.990. The summed E-state index contributed by atoms with van der Waals surface area (Å²) in [6.07, 6.45) is -4.31. The summed E-state index contributed by atoms with van der Waals surface area (Å²) in [4.78, 5) is 21.0. The Kier molecular flexibility index (Phi) is 9.99. The second kappa shape index (κ2) is 9.56. The van der Waals surface area contributed by atoms with Crippen LogP contribution in [0.4, 0.5) is 13.2 Å². The summed E-state index contributed by atoms with van der Waals surface area (Å²) in [7, 11) is 8.50. The van der Waals surface area contributed by atoms with Crippen LogP contribution < -0.4 is 11.1 Å². The van der Waals surface area contributed by atoms with Gasteiger partial charge in [0.1, 0.15) is 6.04 Å². The second-order valence-electron chi connectivity index (χ2n) is 5.83. The molecule has 0 aromatic heterocycles. The first-order chi connectivity index (χ1) is 9.29. The maximum Gasteiger partial charge on any atom is 0.471 e. The molecule has 21 heavy (non-hydrogen) atoms. The van der Waals surface area contributed by atoms with Gasteiger partial charge in [0.05, 0.1) is 28.2 Å². The van der Waals surface area contributed by atoms with E-state index in [1.54, 1.807) is 0 Å². The highest BCUT2D eigenvalue weighted by atomic mass is 19.4. The van der Waals surface area contributed by atoms with Gasteiger partial charge in [-0.3, -0.25) is 4.79 Å². The van der Waals surface area contributed by atoms with Gasteiger partial charge < -0.3 is 20.6 Å². The number of amides is 1. The van der Waals surface area contributed by atoms with Crippen LogP contribution in [0.5, 0.6) is 0 Å². The van der Waals surface area contributed by atoms with Crippen LogP contribution in [-0.4, -0.2) is 68.4 Å². The topological polar surface area (TPSA) is 92.4 Å². The number of alkyl halides is 3. The number of carboxylic acid groups (broad SMARTS) is 1. The number of carboxylic acids is 1. The van der Waals surface area contributed by atoms with Crippen molar-refractivity contribution < 1.29 is 32.3 Å². The normalized spacial score (nSPS) is 13.0. The van der Waals surface area contributed by atoms with Crippen LogP contribution in [0.3, 0.4) is 0 Å². The molecule has 0 aliphatic rings. The Morgan fingerprint density at radius 2 is 1.62 bits per heavy atom. The lowest BCUT2D eigenvalue weighted by Gasteiger charge is -2.15. The molecular weight excluding hydrogens is 291 g/mol. The molecule has 0 spiro atoms. The third-order valence-electron chi connectivity index (χ3n) is 1.81. The molecule has 1 amide bonds. The molecule has 0 aliphatic carbocycles. The van der Waals surface area contributed by atoms with E-state index < -0.39 is 24.1 Å². The van der Waals surface area contributed by atoms with Gasteiger partial charge >= 0.3 is 18.1 Å². The van der Waals surface area contributed by atoms with E-state index in [1.165, 1.54) is 5.32 Å². The van der Waals surface area contributed by atoms with Crippen molar-refractivity contribution in [3.63, 3.8) is 0 Å². The Balaban J connectivity index is 0. The average Bonchev–Trinajstić information content (AvgIpc) is 2.23. The highest BCUT2D eigenvalue weighted by molar-refractivity contribution is 5.86. The molecule has 0 aromatic carbocycles. The van der Waals surface area contributed by atoms with Gasteiger partial charge in [-0.15, -0.1) is 0 Å². The number of carbonyl (C=O) groups excluding carboxylic acids is 1. The lowest BCUT2D eigenvalue weighted by Crippen LogP contribution is -2.46. The quantitative estimate of drug-likeness (QED) is 0.493. The molecule has 0 unspecified atom stereocenters. The van der Waals surface area contributed by atoms with E-state index in [9.17, 15) is 22.8 Å². The zero-order valence-corrected chi connectivity index (χ0v) is 12.8. The van der Waals surface area contributed by atoms with Gasteiger partial charge in [0.15, 0.2) is 0 Å². The van der Waals surface area contributed by atoms with Gasteiger partial charge in [-0.1, -0.05) is 0 Å². The summed E-state index contributed by atoms with van der Waals surface area (Å²) in [5, 5.41) is 9.98. The van der Waals surface area contributed by atoms with Crippen LogP contribution in [0.1, 0.15) is 19.3 Å². The SMILES string of the molecule is C[N+](C)(C)C.NCCCC[C@H](NC(=O)C(F)(F)F)C(=O)O. The Hall–Kier alpha value is -1.35.